The number of imidazole rings is 1. The van der Waals surface area contributed by atoms with Crippen molar-refractivity contribution in [2.75, 3.05) is 13.1 Å². The summed E-state index contributed by atoms with van der Waals surface area (Å²) in [6.45, 7) is 3.66. The number of benzene rings is 2. The lowest BCUT2D eigenvalue weighted by atomic mass is 10.1. The third kappa shape index (κ3) is 4.30. The second-order valence-electron chi connectivity index (χ2n) is 7.71. The second kappa shape index (κ2) is 9.05. The van der Waals surface area contributed by atoms with Gasteiger partial charge in [-0.25, -0.2) is 18.2 Å². The van der Waals surface area contributed by atoms with Crippen LogP contribution in [0, 0.1) is 0 Å². The fraction of sp³-hybridized carbons (Fsp3) is 0.304. The molecule has 32 heavy (non-hydrogen) atoms. The maximum atomic E-state index is 13.1. The van der Waals surface area contributed by atoms with E-state index in [1.165, 1.54) is 12.1 Å². The van der Waals surface area contributed by atoms with Crippen LogP contribution in [0.1, 0.15) is 47.9 Å². The van der Waals surface area contributed by atoms with Crippen LogP contribution in [-0.4, -0.2) is 46.4 Å². The average Bonchev–Trinajstić information content (AvgIpc) is 3.18. The molecule has 1 aromatic heterocycles. The molecule has 0 spiro atoms. The summed E-state index contributed by atoms with van der Waals surface area (Å²) in [6.07, 6.45) is 4.53. The number of hydrogen-bond acceptors (Lipinski definition) is 4. The number of aryl methyl sites for hydroxylation is 1. The number of fused-ring (bicyclic) bond motifs is 1. The minimum atomic E-state index is -3.56. The Labute approximate surface area is 192 Å². The van der Waals surface area contributed by atoms with Gasteiger partial charge in [0, 0.05) is 19.6 Å². The van der Waals surface area contributed by atoms with Crippen LogP contribution in [-0.2, 0) is 16.6 Å². The highest BCUT2D eigenvalue weighted by molar-refractivity contribution is 7.89. The predicted octanol–water partition coefficient (Wildman–Crippen LogP) is 4.67. The molecule has 2 heterocycles. The molecule has 1 aliphatic rings. The molecule has 4 rings (SSSR count). The number of carboxylic acids is 1. The highest BCUT2D eigenvalue weighted by atomic mass is 35.5. The Morgan fingerprint density at radius 2 is 1.81 bits per heavy atom. The topological polar surface area (TPSA) is 92.5 Å². The summed E-state index contributed by atoms with van der Waals surface area (Å²) < 4.78 is 29.6. The molecular weight excluding hydrogens is 450 g/mol. The lowest BCUT2D eigenvalue weighted by Gasteiger charge is -2.25. The molecule has 0 saturated carbocycles. The van der Waals surface area contributed by atoms with Gasteiger partial charge in [0.1, 0.15) is 0 Å². The van der Waals surface area contributed by atoms with Crippen LogP contribution in [0.15, 0.2) is 47.4 Å². The van der Waals surface area contributed by atoms with Crippen molar-refractivity contribution in [1.82, 2.24) is 13.9 Å². The monoisotopic (exact) mass is 473 g/mol. The molecule has 0 amide bonds. The minimum absolute atomic E-state index is 0.196. The molecule has 1 fully saturated rings. The molecule has 2 aromatic carbocycles. The Kier molecular flexibility index (Phi) is 6.37. The van der Waals surface area contributed by atoms with Gasteiger partial charge in [0.05, 0.1) is 26.5 Å². The van der Waals surface area contributed by atoms with E-state index < -0.39 is 16.0 Å². The number of piperidine rings is 1. The van der Waals surface area contributed by atoms with E-state index in [9.17, 15) is 13.2 Å². The number of aromatic carboxylic acids is 1. The summed E-state index contributed by atoms with van der Waals surface area (Å²) in [6, 6.07) is 11.4. The van der Waals surface area contributed by atoms with Crippen molar-refractivity contribution >= 4 is 49.7 Å². The smallest absolute Gasteiger partial charge is 0.335 e. The van der Waals surface area contributed by atoms with Crippen LogP contribution in [0.2, 0.25) is 0 Å². The first-order valence-electron chi connectivity index (χ1n) is 10.5. The van der Waals surface area contributed by atoms with Gasteiger partial charge in [-0.05, 0) is 61.7 Å². The summed E-state index contributed by atoms with van der Waals surface area (Å²) >= 11 is 6.58. The molecule has 1 N–H and O–H groups in total. The SMILES string of the molecule is CCn1c(C(Cl)=Cc2ccc(C(=O)O)cc2)nc2cc(S(=O)(=O)N3CCCCC3)ccc21. The van der Waals surface area contributed by atoms with Gasteiger partial charge in [0.25, 0.3) is 0 Å². The summed E-state index contributed by atoms with van der Waals surface area (Å²) in [5.74, 6) is -0.464. The number of halogens is 1. The van der Waals surface area contributed by atoms with Gasteiger partial charge < -0.3 is 9.67 Å². The van der Waals surface area contributed by atoms with Gasteiger partial charge in [0.15, 0.2) is 5.82 Å². The van der Waals surface area contributed by atoms with E-state index in [4.69, 9.17) is 16.7 Å². The molecule has 0 bridgehead atoms. The molecule has 0 radical (unpaired) electrons. The van der Waals surface area contributed by atoms with Gasteiger partial charge in [-0.1, -0.05) is 30.2 Å². The van der Waals surface area contributed by atoms with Gasteiger partial charge in [-0.15, -0.1) is 0 Å². The van der Waals surface area contributed by atoms with E-state index in [-0.39, 0.29) is 10.5 Å². The fourth-order valence-corrected chi connectivity index (χ4v) is 5.77. The highest BCUT2D eigenvalue weighted by Gasteiger charge is 2.26. The largest absolute Gasteiger partial charge is 0.478 e. The molecule has 0 atom stereocenters. The Morgan fingerprint density at radius 1 is 1.12 bits per heavy atom. The normalized spacial score (nSPS) is 15.9. The van der Waals surface area contributed by atoms with Crippen molar-refractivity contribution in [2.45, 2.75) is 37.6 Å². The van der Waals surface area contributed by atoms with Crippen LogP contribution >= 0.6 is 11.6 Å². The Hall–Kier alpha value is -2.68. The quantitative estimate of drug-likeness (QED) is 0.561. The zero-order valence-electron chi connectivity index (χ0n) is 17.7. The van der Waals surface area contributed by atoms with Crippen LogP contribution in [0.5, 0.6) is 0 Å². The van der Waals surface area contributed by atoms with E-state index in [0.717, 1.165) is 30.3 Å². The number of sulfonamides is 1. The number of aromatic nitrogens is 2. The van der Waals surface area contributed by atoms with Gasteiger partial charge >= 0.3 is 5.97 Å². The molecule has 168 valence electrons. The zero-order valence-corrected chi connectivity index (χ0v) is 19.2. The van der Waals surface area contributed by atoms with Crippen molar-refractivity contribution in [3.05, 3.63) is 59.4 Å². The van der Waals surface area contributed by atoms with E-state index in [1.54, 1.807) is 40.7 Å². The van der Waals surface area contributed by atoms with Crippen molar-refractivity contribution in [3.63, 3.8) is 0 Å². The molecular formula is C23H24ClN3O4S. The fourth-order valence-electron chi connectivity index (χ4n) is 3.96. The summed E-state index contributed by atoms with van der Waals surface area (Å²) in [4.78, 5) is 15.9. The van der Waals surface area contributed by atoms with Crippen molar-refractivity contribution in [1.29, 1.82) is 0 Å². The molecule has 1 saturated heterocycles. The summed E-state index contributed by atoms with van der Waals surface area (Å²) in [7, 11) is -3.56. The van der Waals surface area contributed by atoms with Gasteiger partial charge in [-0.2, -0.15) is 4.31 Å². The van der Waals surface area contributed by atoms with Crippen LogP contribution < -0.4 is 0 Å². The van der Waals surface area contributed by atoms with E-state index in [0.29, 0.717) is 36.0 Å². The standard InChI is InChI=1S/C23H24ClN3O4S/c1-2-27-21-11-10-18(32(30,31)26-12-4-3-5-13-26)15-20(21)25-22(27)19(24)14-16-6-8-17(9-7-16)23(28)29/h6-11,14-15H,2-5,12-13H2,1H3,(H,28,29). The maximum Gasteiger partial charge on any atom is 0.335 e. The summed E-state index contributed by atoms with van der Waals surface area (Å²) in [5.41, 5.74) is 2.30. The molecule has 9 heteroatoms. The molecule has 7 nitrogen and oxygen atoms in total. The van der Waals surface area contributed by atoms with Gasteiger partial charge in [-0.3, -0.25) is 0 Å². The molecule has 1 aliphatic heterocycles. The maximum absolute atomic E-state index is 13.1. The zero-order chi connectivity index (χ0) is 22.9. The van der Waals surface area contributed by atoms with Crippen molar-refractivity contribution in [3.8, 4) is 0 Å². The number of carbonyl (C=O) groups is 1. The second-order valence-corrected chi connectivity index (χ2v) is 10.1. The minimum Gasteiger partial charge on any atom is -0.478 e. The average molecular weight is 474 g/mol. The molecule has 0 aliphatic carbocycles. The summed E-state index contributed by atoms with van der Waals surface area (Å²) in [5, 5.41) is 9.43. The first-order valence-corrected chi connectivity index (χ1v) is 12.3. The first kappa shape index (κ1) is 22.5. The molecule has 3 aromatic rings. The number of hydrogen-bond donors (Lipinski definition) is 1. The van der Waals surface area contributed by atoms with E-state index in [1.807, 2.05) is 11.5 Å². The molecule has 0 unspecified atom stereocenters. The number of rotatable bonds is 6. The lowest BCUT2D eigenvalue weighted by Crippen LogP contribution is -2.35. The van der Waals surface area contributed by atoms with E-state index in [2.05, 4.69) is 4.98 Å². The van der Waals surface area contributed by atoms with E-state index >= 15 is 0 Å². The van der Waals surface area contributed by atoms with Gasteiger partial charge in [0.2, 0.25) is 10.0 Å². The van der Waals surface area contributed by atoms with Crippen molar-refractivity contribution < 1.29 is 18.3 Å². The number of nitrogens with zero attached hydrogens (tertiary/aromatic N) is 3. The lowest BCUT2D eigenvalue weighted by molar-refractivity contribution is 0.0697. The third-order valence-corrected chi connectivity index (χ3v) is 7.83. The van der Waals surface area contributed by atoms with Crippen LogP contribution in [0.3, 0.4) is 0 Å². The van der Waals surface area contributed by atoms with Crippen molar-refractivity contribution in [2.24, 2.45) is 0 Å². The van der Waals surface area contributed by atoms with Crippen LogP contribution in [0.25, 0.3) is 22.1 Å². The Morgan fingerprint density at radius 3 is 2.44 bits per heavy atom. The Bertz CT molecular complexity index is 1290. The third-order valence-electron chi connectivity index (χ3n) is 5.65. The highest BCUT2D eigenvalue weighted by Crippen LogP contribution is 2.29. The van der Waals surface area contributed by atoms with Crippen LogP contribution in [0.4, 0.5) is 0 Å². The Balaban J connectivity index is 1.71. The first-order chi connectivity index (χ1) is 15.3. The number of carboxylic acid groups (broad SMARTS) is 1. The predicted molar refractivity (Wildman–Crippen MR) is 125 cm³/mol.